The van der Waals surface area contributed by atoms with Crippen LogP contribution >= 0.6 is 27.5 Å². The number of rotatable bonds is 3. The molecule has 8 heteroatoms. The molecule has 2 aliphatic rings. The lowest BCUT2D eigenvalue weighted by Crippen LogP contribution is -2.39. The van der Waals surface area contributed by atoms with Crippen molar-refractivity contribution in [1.29, 1.82) is 0 Å². The van der Waals surface area contributed by atoms with E-state index < -0.39 is 23.8 Å². The fourth-order valence-corrected chi connectivity index (χ4v) is 3.83. The number of hydrogen-bond donors (Lipinski definition) is 0. The molecule has 2 heterocycles. The summed E-state index contributed by atoms with van der Waals surface area (Å²) >= 11 is 9.40. The van der Waals surface area contributed by atoms with Gasteiger partial charge in [-0.2, -0.15) is 5.10 Å². The molecule has 0 radical (unpaired) electrons. The van der Waals surface area contributed by atoms with Gasteiger partial charge < -0.3 is 0 Å². The first-order valence-corrected chi connectivity index (χ1v) is 9.33. The van der Waals surface area contributed by atoms with Crippen LogP contribution in [0.1, 0.15) is 6.92 Å². The van der Waals surface area contributed by atoms with Crippen LogP contribution < -0.4 is 9.91 Å². The first-order valence-electron chi connectivity index (χ1n) is 8.16. The number of hydrazone groups is 1. The van der Waals surface area contributed by atoms with Gasteiger partial charge in [0.05, 0.1) is 11.4 Å². The maximum Gasteiger partial charge on any atom is 0.259 e. The number of nitrogens with zero attached hydrogens (tertiary/aromatic N) is 3. The number of benzene rings is 2. The minimum Gasteiger partial charge on any atom is -0.293 e. The zero-order chi connectivity index (χ0) is 19.3. The number of carbonyl (C=O) groups is 3. The smallest absolute Gasteiger partial charge is 0.259 e. The topological polar surface area (TPSA) is 70.1 Å². The summed E-state index contributed by atoms with van der Waals surface area (Å²) in [5.74, 6) is -2.15. The van der Waals surface area contributed by atoms with Crippen molar-refractivity contribution >= 4 is 62.2 Å². The van der Waals surface area contributed by atoms with Crippen molar-refractivity contribution in [2.24, 2.45) is 11.0 Å². The van der Waals surface area contributed by atoms with Crippen LogP contribution in [0, 0.1) is 5.92 Å². The van der Waals surface area contributed by atoms with E-state index in [1.807, 2.05) is 0 Å². The Morgan fingerprint density at radius 2 is 1.78 bits per heavy atom. The number of ketones is 1. The molecule has 136 valence electrons. The van der Waals surface area contributed by atoms with E-state index in [-0.39, 0.29) is 11.5 Å². The minimum atomic E-state index is -0.933. The van der Waals surface area contributed by atoms with Crippen LogP contribution in [0.15, 0.2) is 58.1 Å². The molecule has 6 nitrogen and oxygen atoms in total. The van der Waals surface area contributed by atoms with E-state index in [2.05, 4.69) is 21.0 Å². The molecule has 0 aliphatic carbocycles. The second-order valence-electron chi connectivity index (χ2n) is 6.28. The Balaban J connectivity index is 1.80. The lowest BCUT2D eigenvalue weighted by molar-refractivity contribution is -0.122. The van der Waals surface area contributed by atoms with Gasteiger partial charge in [-0.1, -0.05) is 33.6 Å². The van der Waals surface area contributed by atoms with Gasteiger partial charge in [-0.05, 0) is 42.5 Å². The van der Waals surface area contributed by atoms with Crippen molar-refractivity contribution in [3.63, 3.8) is 0 Å². The highest BCUT2D eigenvalue weighted by molar-refractivity contribution is 9.10. The third kappa shape index (κ3) is 2.87. The van der Waals surface area contributed by atoms with Crippen molar-refractivity contribution in [2.75, 3.05) is 9.91 Å². The molecular weight excluding hydrogens is 434 g/mol. The molecule has 0 aromatic heterocycles. The Bertz CT molecular complexity index is 1010. The first kappa shape index (κ1) is 17.9. The molecule has 0 saturated carbocycles. The van der Waals surface area contributed by atoms with Crippen molar-refractivity contribution in [3.8, 4) is 0 Å². The second kappa shape index (κ2) is 6.58. The first-order chi connectivity index (χ1) is 12.9. The maximum absolute atomic E-state index is 13.2. The number of fused-ring (bicyclic) bond motifs is 1. The number of amides is 2. The molecule has 2 aliphatic heterocycles. The number of hydrogen-bond acceptors (Lipinski definition) is 5. The number of carbonyl (C=O) groups excluding carboxylic acids is 3. The monoisotopic (exact) mass is 445 g/mol. The Morgan fingerprint density at radius 1 is 1.07 bits per heavy atom. The summed E-state index contributed by atoms with van der Waals surface area (Å²) in [5.41, 5.74) is 1.09. The van der Waals surface area contributed by atoms with Crippen molar-refractivity contribution in [3.05, 3.63) is 58.0 Å². The zero-order valence-electron chi connectivity index (χ0n) is 14.1. The normalized spacial score (nSPS) is 21.5. The summed E-state index contributed by atoms with van der Waals surface area (Å²) < 4.78 is 0.831. The quantitative estimate of drug-likeness (QED) is 0.678. The van der Waals surface area contributed by atoms with Crippen LogP contribution in [0.5, 0.6) is 0 Å². The Morgan fingerprint density at radius 3 is 2.41 bits per heavy atom. The van der Waals surface area contributed by atoms with Gasteiger partial charge in [0.2, 0.25) is 5.91 Å². The van der Waals surface area contributed by atoms with Gasteiger partial charge >= 0.3 is 0 Å². The SMILES string of the molecule is CC(=O)C1=NN(c2cccc(Cl)c2)[C@@H]2C(=O)N(c3ccc(Br)cc3)C(=O)[C@H]12. The fraction of sp³-hybridized carbons (Fsp3) is 0.158. The molecule has 2 aromatic rings. The summed E-state index contributed by atoms with van der Waals surface area (Å²) in [4.78, 5) is 39.4. The van der Waals surface area contributed by atoms with E-state index >= 15 is 0 Å². The lowest BCUT2D eigenvalue weighted by Gasteiger charge is -2.22. The standard InChI is InChI=1S/C19H13BrClN3O3/c1-10(25)16-15-17(24(22-16)14-4-2-3-12(21)9-14)19(27)23(18(15)26)13-7-5-11(20)6-8-13/h2-9,15,17H,1H3/t15-,17+/m1/s1. The van der Waals surface area contributed by atoms with E-state index in [1.54, 1.807) is 48.5 Å². The molecule has 4 rings (SSSR count). The Hall–Kier alpha value is -2.51. The third-order valence-corrected chi connectivity index (χ3v) is 5.33. The van der Waals surface area contributed by atoms with Crippen LogP contribution in [0.25, 0.3) is 0 Å². The predicted molar refractivity (Wildman–Crippen MR) is 106 cm³/mol. The molecule has 0 bridgehead atoms. The third-order valence-electron chi connectivity index (χ3n) is 4.57. The molecule has 2 atom stereocenters. The highest BCUT2D eigenvalue weighted by Gasteiger charge is 2.58. The molecule has 0 spiro atoms. The highest BCUT2D eigenvalue weighted by atomic mass is 79.9. The van der Waals surface area contributed by atoms with Gasteiger partial charge in [0.25, 0.3) is 5.91 Å². The van der Waals surface area contributed by atoms with E-state index in [1.165, 1.54) is 11.9 Å². The van der Waals surface area contributed by atoms with Gasteiger partial charge in [-0.15, -0.1) is 0 Å². The van der Waals surface area contributed by atoms with Gasteiger partial charge in [0.15, 0.2) is 5.78 Å². The van der Waals surface area contributed by atoms with Crippen LogP contribution in [0.2, 0.25) is 5.02 Å². The predicted octanol–water partition coefficient (Wildman–Crippen LogP) is 3.43. The van der Waals surface area contributed by atoms with Crippen LogP contribution in [-0.2, 0) is 14.4 Å². The van der Waals surface area contributed by atoms with Gasteiger partial charge in [-0.3, -0.25) is 19.4 Å². The summed E-state index contributed by atoms with van der Waals surface area (Å²) in [5, 5.41) is 6.18. The van der Waals surface area contributed by atoms with Gasteiger partial charge in [0, 0.05) is 16.4 Å². The molecule has 1 fully saturated rings. The Kier molecular flexibility index (Phi) is 4.36. The van der Waals surface area contributed by atoms with E-state index in [9.17, 15) is 14.4 Å². The summed E-state index contributed by atoms with van der Waals surface area (Å²) in [6.07, 6.45) is 0. The molecular formula is C19H13BrClN3O3. The molecule has 27 heavy (non-hydrogen) atoms. The minimum absolute atomic E-state index is 0.0814. The summed E-state index contributed by atoms with van der Waals surface area (Å²) in [6.45, 7) is 1.34. The molecule has 1 saturated heterocycles. The van der Waals surface area contributed by atoms with E-state index in [4.69, 9.17) is 11.6 Å². The molecule has 2 aromatic carbocycles. The van der Waals surface area contributed by atoms with Crippen LogP contribution in [-0.4, -0.2) is 29.4 Å². The molecule has 0 unspecified atom stereocenters. The summed E-state index contributed by atoms with van der Waals surface area (Å²) in [7, 11) is 0. The Labute approximate surface area is 168 Å². The summed E-state index contributed by atoms with van der Waals surface area (Å²) in [6, 6.07) is 12.7. The molecule has 2 amide bonds. The number of anilines is 2. The maximum atomic E-state index is 13.2. The second-order valence-corrected chi connectivity index (χ2v) is 7.63. The van der Waals surface area contributed by atoms with Gasteiger partial charge in [0.1, 0.15) is 17.7 Å². The van der Waals surface area contributed by atoms with E-state index in [0.29, 0.717) is 16.4 Å². The average Bonchev–Trinajstić information content (AvgIpc) is 3.14. The van der Waals surface area contributed by atoms with E-state index in [0.717, 1.165) is 9.37 Å². The van der Waals surface area contributed by atoms with Crippen molar-refractivity contribution < 1.29 is 14.4 Å². The fourth-order valence-electron chi connectivity index (χ4n) is 3.38. The van der Waals surface area contributed by atoms with Crippen molar-refractivity contribution in [1.82, 2.24) is 0 Å². The highest BCUT2D eigenvalue weighted by Crippen LogP contribution is 2.38. The number of imide groups is 1. The van der Waals surface area contributed by atoms with Crippen LogP contribution in [0.3, 0.4) is 0 Å². The average molecular weight is 447 g/mol. The molecule has 0 N–H and O–H groups in total. The zero-order valence-corrected chi connectivity index (χ0v) is 16.4. The number of halogens is 2. The number of Topliss-reactive ketones (excluding diaryl/α,β-unsaturated/α-hetero) is 1. The lowest BCUT2D eigenvalue weighted by atomic mass is 9.95. The van der Waals surface area contributed by atoms with Crippen molar-refractivity contribution in [2.45, 2.75) is 13.0 Å². The largest absolute Gasteiger partial charge is 0.293 e. The van der Waals surface area contributed by atoms with Crippen LogP contribution in [0.4, 0.5) is 11.4 Å². The van der Waals surface area contributed by atoms with Gasteiger partial charge in [-0.25, -0.2) is 4.90 Å².